The van der Waals surface area contributed by atoms with Crippen LogP contribution in [0.5, 0.6) is 0 Å². The van der Waals surface area contributed by atoms with E-state index in [-0.39, 0.29) is 5.97 Å². The van der Waals surface area contributed by atoms with E-state index in [4.69, 9.17) is 9.47 Å². The largest absolute Gasteiger partial charge is 0.484 e. The van der Waals surface area contributed by atoms with Crippen LogP contribution >= 0.6 is 0 Å². The topological polar surface area (TPSA) is 35.5 Å². The summed E-state index contributed by atoms with van der Waals surface area (Å²) < 4.78 is 10.8. The molecule has 0 N–H and O–H groups in total. The third-order valence-corrected chi connectivity index (χ3v) is 4.09. The van der Waals surface area contributed by atoms with Crippen molar-refractivity contribution in [3.8, 4) is 0 Å². The standard InChI is InChI=1S/C22H40O3/c1-5-7-9-11-12-13-14-15-16-18-20-25-22(3,4)21(23)24-19-17-10-8-6-2/h8,10,18,20H,5-7,9,11-17,19H2,1-4H3. The Morgan fingerprint density at radius 1 is 0.840 bits per heavy atom. The zero-order chi connectivity index (χ0) is 18.8. The number of esters is 1. The molecule has 0 fully saturated rings. The van der Waals surface area contributed by atoms with Gasteiger partial charge in [-0.15, -0.1) is 0 Å². The van der Waals surface area contributed by atoms with Crippen molar-refractivity contribution in [1.29, 1.82) is 0 Å². The minimum absolute atomic E-state index is 0.311. The molecule has 3 heteroatoms. The van der Waals surface area contributed by atoms with Crippen molar-refractivity contribution in [2.45, 2.75) is 104 Å². The van der Waals surface area contributed by atoms with Crippen LogP contribution in [0.3, 0.4) is 0 Å². The summed E-state index contributed by atoms with van der Waals surface area (Å²) in [5.74, 6) is -0.311. The minimum Gasteiger partial charge on any atom is -0.484 e. The van der Waals surface area contributed by atoms with Gasteiger partial charge in [-0.1, -0.05) is 70.9 Å². The first-order valence-corrected chi connectivity index (χ1v) is 10.2. The van der Waals surface area contributed by atoms with Gasteiger partial charge in [0, 0.05) is 0 Å². The molecule has 0 atom stereocenters. The maximum atomic E-state index is 12.0. The molecule has 0 amide bonds. The predicted molar refractivity (Wildman–Crippen MR) is 107 cm³/mol. The molecule has 0 aromatic carbocycles. The second-order valence-corrected chi connectivity index (χ2v) is 7.07. The van der Waals surface area contributed by atoms with Crippen molar-refractivity contribution in [1.82, 2.24) is 0 Å². The molecule has 0 heterocycles. The number of rotatable bonds is 16. The second kappa shape index (κ2) is 16.2. The number of carbonyl (C=O) groups is 1. The van der Waals surface area contributed by atoms with E-state index >= 15 is 0 Å². The summed E-state index contributed by atoms with van der Waals surface area (Å²) in [6.07, 6.45) is 21.1. The first-order chi connectivity index (χ1) is 12.0. The van der Waals surface area contributed by atoms with E-state index in [1.54, 1.807) is 20.1 Å². The summed E-state index contributed by atoms with van der Waals surface area (Å²) in [6.45, 7) is 8.24. The van der Waals surface area contributed by atoms with Crippen LogP contribution < -0.4 is 0 Å². The van der Waals surface area contributed by atoms with Gasteiger partial charge in [-0.05, 0) is 45.6 Å². The molecule has 0 spiro atoms. The van der Waals surface area contributed by atoms with Crippen molar-refractivity contribution in [3.05, 3.63) is 24.5 Å². The second-order valence-electron chi connectivity index (χ2n) is 7.07. The van der Waals surface area contributed by atoms with Crippen LogP contribution in [0, 0.1) is 0 Å². The molecule has 0 unspecified atom stereocenters. The quantitative estimate of drug-likeness (QED) is 0.134. The molecule has 3 nitrogen and oxygen atoms in total. The molecule has 0 saturated heterocycles. The lowest BCUT2D eigenvalue weighted by Gasteiger charge is -2.21. The lowest BCUT2D eigenvalue weighted by molar-refractivity contribution is -0.162. The zero-order valence-electron chi connectivity index (χ0n) is 17.0. The van der Waals surface area contributed by atoms with E-state index in [2.05, 4.69) is 19.9 Å². The Bertz CT molecular complexity index is 369. The van der Waals surface area contributed by atoms with Crippen molar-refractivity contribution in [2.24, 2.45) is 0 Å². The van der Waals surface area contributed by atoms with E-state index in [1.165, 1.54) is 51.4 Å². The highest BCUT2D eigenvalue weighted by Crippen LogP contribution is 2.14. The van der Waals surface area contributed by atoms with Crippen LogP contribution in [-0.2, 0) is 14.3 Å². The van der Waals surface area contributed by atoms with E-state index in [9.17, 15) is 4.79 Å². The third kappa shape index (κ3) is 14.8. The van der Waals surface area contributed by atoms with Gasteiger partial charge in [0.25, 0.3) is 0 Å². The fourth-order valence-corrected chi connectivity index (χ4v) is 2.41. The Kier molecular flexibility index (Phi) is 15.4. The van der Waals surface area contributed by atoms with Crippen molar-refractivity contribution < 1.29 is 14.3 Å². The van der Waals surface area contributed by atoms with E-state index in [1.807, 2.05) is 12.2 Å². The third-order valence-electron chi connectivity index (χ3n) is 4.09. The summed E-state index contributed by atoms with van der Waals surface area (Å²) in [7, 11) is 0. The molecular weight excluding hydrogens is 312 g/mol. The first-order valence-electron chi connectivity index (χ1n) is 10.2. The van der Waals surface area contributed by atoms with Gasteiger partial charge >= 0.3 is 5.97 Å². The van der Waals surface area contributed by atoms with Gasteiger partial charge in [0.15, 0.2) is 5.60 Å². The normalized spacial score (nSPS) is 12.2. The van der Waals surface area contributed by atoms with Crippen molar-refractivity contribution in [3.63, 3.8) is 0 Å². The molecule has 0 bridgehead atoms. The molecule has 0 radical (unpaired) electrons. The van der Waals surface area contributed by atoms with Gasteiger partial charge in [0.05, 0.1) is 12.9 Å². The lowest BCUT2D eigenvalue weighted by Crippen LogP contribution is -2.35. The average molecular weight is 353 g/mol. The van der Waals surface area contributed by atoms with E-state index < -0.39 is 5.60 Å². The van der Waals surface area contributed by atoms with Gasteiger partial charge in [0.1, 0.15) is 0 Å². The predicted octanol–water partition coefficient (Wildman–Crippen LogP) is 6.73. The van der Waals surface area contributed by atoms with Gasteiger partial charge < -0.3 is 9.47 Å². The number of unbranched alkanes of at least 4 members (excludes halogenated alkanes) is 8. The van der Waals surface area contributed by atoms with Crippen LogP contribution in [0.2, 0.25) is 0 Å². The summed E-state index contributed by atoms with van der Waals surface area (Å²) in [5, 5.41) is 0. The van der Waals surface area contributed by atoms with Gasteiger partial charge in [-0.25, -0.2) is 4.79 Å². The van der Waals surface area contributed by atoms with Crippen LogP contribution in [0.4, 0.5) is 0 Å². The molecule has 146 valence electrons. The zero-order valence-corrected chi connectivity index (χ0v) is 17.0. The maximum absolute atomic E-state index is 12.0. The highest BCUT2D eigenvalue weighted by molar-refractivity contribution is 5.78. The summed E-state index contributed by atoms with van der Waals surface area (Å²) in [6, 6.07) is 0. The SMILES string of the molecule is CCC=CCCOC(=O)C(C)(C)OC=CCCCCCCCCCC. The Balaban J connectivity index is 3.69. The maximum Gasteiger partial charge on any atom is 0.349 e. The molecule has 0 aromatic heterocycles. The fraction of sp³-hybridized carbons (Fsp3) is 0.773. The molecular formula is C22H40O3. The molecule has 0 aliphatic rings. The van der Waals surface area contributed by atoms with Crippen LogP contribution in [0.15, 0.2) is 24.5 Å². The van der Waals surface area contributed by atoms with Crippen molar-refractivity contribution in [2.75, 3.05) is 6.61 Å². The van der Waals surface area contributed by atoms with E-state index in [0.717, 1.165) is 19.3 Å². The summed E-state index contributed by atoms with van der Waals surface area (Å²) >= 11 is 0. The number of carbonyl (C=O) groups excluding carboxylic acids is 1. The molecule has 0 aromatic rings. The Morgan fingerprint density at radius 2 is 1.48 bits per heavy atom. The van der Waals surface area contributed by atoms with Crippen LogP contribution in [-0.4, -0.2) is 18.2 Å². The molecule has 0 aliphatic carbocycles. The van der Waals surface area contributed by atoms with Crippen LogP contribution in [0.25, 0.3) is 0 Å². The van der Waals surface area contributed by atoms with Gasteiger partial charge in [-0.2, -0.15) is 0 Å². The van der Waals surface area contributed by atoms with Crippen molar-refractivity contribution >= 4 is 5.97 Å². The number of hydrogen-bond acceptors (Lipinski definition) is 3. The Morgan fingerprint density at radius 3 is 2.12 bits per heavy atom. The highest BCUT2D eigenvalue weighted by Gasteiger charge is 2.30. The van der Waals surface area contributed by atoms with Gasteiger partial charge in [0.2, 0.25) is 0 Å². The highest BCUT2D eigenvalue weighted by atomic mass is 16.6. The molecule has 0 saturated carbocycles. The molecule has 25 heavy (non-hydrogen) atoms. The van der Waals surface area contributed by atoms with E-state index in [0.29, 0.717) is 6.61 Å². The minimum atomic E-state index is -0.926. The molecule has 0 aliphatic heterocycles. The first kappa shape index (κ1) is 23.8. The smallest absolute Gasteiger partial charge is 0.349 e. The fourth-order valence-electron chi connectivity index (χ4n) is 2.41. The lowest BCUT2D eigenvalue weighted by atomic mass is 10.1. The molecule has 0 rings (SSSR count). The Hall–Kier alpha value is -1.25. The summed E-state index contributed by atoms with van der Waals surface area (Å²) in [4.78, 5) is 12.0. The average Bonchev–Trinajstić information content (AvgIpc) is 2.59. The van der Waals surface area contributed by atoms with Crippen LogP contribution in [0.1, 0.15) is 98.3 Å². The number of hydrogen-bond donors (Lipinski definition) is 0. The Labute approximate surface area is 155 Å². The number of ether oxygens (including phenoxy) is 2. The monoisotopic (exact) mass is 352 g/mol. The van der Waals surface area contributed by atoms with Gasteiger partial charge in [-0.3, -0.25) is 0 Å². The number of allylic oxidation sites excluding steroid dienone is 2. The summed E-state index contributed by atoms with van der Waals surface area (Å²) in [5.41, 5.74) is -0.926.